The first kappa shape index (κ1) is 21.8. The molecule has 0 amide bonds. The SMILES string of the molecule is CN(Cc1ccccc1NS(=O)(=O)c1ccc(S(C)(=O)=O)cc1)C1CCCCC1. The van der Waals surface area contributed by atoms with E-state index in [-0.39, 0.29) is 9.79 Å². The summed E-state index contributed by atoms with van der Waals surface area (Å²) in [6.45, 7) is 0.663. The lowest BCUT2D eigenvalue weighted by atomic mass is 9.94. The molecule has 0 saturated heterocycles. The average molecular weight is 437 g/mol. The van der Waals surface area contributed by atoms with Gasteiger partial charge in [0.05, 0.1) is 15.5 Å². The van der Waals surface area contributed by atoms with Crippen molar-refractivity contribution in [2.24, 2.45) is 0 Å². The molecule has 6 nitrogen and oxygen atoms in total. The van der Waals surface area contributed by atoms with Gasteiger partial charge in [0.15, 0.2) is 9.84 Å². The van der Waals surface area contributed by atoms with Gasteiger partial charge in [0.1, 0.15) is 0 Å². The second kappa shape index (κ2) is 8.85. The van der Waals surface area contributed by atoms with E-state index in [9.17, 15) is 16.8 Å². The maximum Gasteiger partial charge on any atom is 0.261 e. The van der Waals surface area contributed by atoms with Gasteiger partial charge in [-0.3, -0.25) is 9.62 Å². The molecule has 29 heavy (non-hydrogen) atoms. The predicted octanol–water partition coefficient (Wildman–Crippen LogP) is 3.66. The number of nitrogens with one attached hydrogen (secondary N) is 1. The smallest absolute Gasteiger partial charge is 0.261 e. The van der Waals surface area contributed by atoms with E-state index in [1.807, 2.05) is 12.1 Å². The van der Waals surface area contributed by atoms with E-state index in [1.54, 1.807) is 12.1 Å². The topological polar surface area (TPSA) is 83.6 Å². The van der Waals surface area contributed by atoms with Crippen molar-refractivity contribution in [3.63, 3.8) is 0 Å². The van der Waals surface area contributed by atoms with Crippen LogP contribution in [0.4, 0.5) is 5.69 Å². The van der Waals surface area contributed by atoms with Crippen LogP contribution in [0.1, 0.15) is 37.7 Å². The lowest BCUT2D eigenvalue weighted by molar-refractivity contribution is 0.185. The number of rotatable bonds is 7. The van der Waals surface area contributed by atoms with Crippen LogP contribution >= 0.6 is 0 Å². The number of hydrogen-bond donors (Lipinski definition) is 1. The monoisotopic (exact) mass is 436 g/mol. The Bertz CT molecular complexity index is 1040. The molecular weight excluding hydrogens is 408 g/mol. The van der Waals surface area contributed by atoms with Gasteiger partial charge in [-0.25, -0.2) is 16.8 Å². The number of anilines is 1. The predicted molar refractivity (Wildman–Crippen MR) is 115 cm³/mol. The highest BCUT2D eigenvalue weighted by atomic mass is 32.2. The summed E-state index contributed by atoms with van der Waals surface area (Å²) in [6, 6.07) is 13.2. The molecule has 0 radical (unpaired) electrons. The molecule has 2 aromatic rings. The molecule has 1 aliphatic rings. The number of hydrogen-bond acceptors (Lipinski definition) is 5. The normalized spacial score (nSPS) is 16.1. The largest absolute Gasteiger partial charge is 0.299 e. The fraction of sp³-hybridized carbons (Fsp3) is 0.429. The van der Waals surface area contributed by atoms with Crippen LogP contribution in [0.3, 0.4) is 0 Å². The van der Waals surface area contributed by atoms with Crippen molar-refractivity contribution in [3.8, 4) is 0 Å². The van der Waals surface area contributed by atoms with Crippen molar-refractivity contribution in [3.05, 3.63) is 54.1 Å². The Kier molecular flexibility index (Phi) is 6.65. The molecule has 0 aromatic heterocycles. The molecule has 0 spiro atoms. The Balaban J connectivity index is 1.79. The van der Waals surface area contributed by atoms with Crippen LogP contribution in [0.2, 0.25) is 0 Å². The fourth-order valence-electron chi connectivity index (χ4n) is 3.75. The van der Waals surface area contributed by atoms with E-state index in [0.717, 1.165) is 11.8 Å². The third-order valence-electron chi connectivity index (χ3n) is 5.44. The minimum atomic E-state index is -3.82. The van der Waals surface area contributed by atoms with Crippen LogP contribution in [-0.2, 0) is 26.4 Å². The van der Waals surface area contributed by atoms with Gasteiger partial charge in [0.2, 0.25) is 0 Å². The lowest BCUT2D eigenvalue weighted by Crippen LogP contribution is -2.33. The van der Waals surface area contributed by atoms with Crippen molar-refractivity contribution in [2.75, 3.05) is 18.0 Å². The molecule has 1 N–H and O–H groups in total. The van der Waals surface area contributed by atoms with Gasteiger partial charge < -0.3 is 0 Å². The van der Waals surface area contributed by atoms with Crippen LogP contribution in [0.5, 0.6) is 0 Å². The molecule has 0 bridgehead atoms. The maximum absolute atomic E-state index is 12.8. The van der Waals surface area contributed by atoms with Gasteiger partial charge in [0, 0.05) is 18.8 Å². The zero-order valence-corrected chi connectivity index (χ0v) is 18.5. The number of para-hydroxylation sites is 1. The van der Waals surface area contributed by atoms with Gasteiger partial charge in [-0.1, -0.05) is 37.5 Å². The second-order valence-corrected chi connectivity index (χ2v) is 11.4. The Morgan fingerprint density at radius 3 is 2.10 bits per heavy atom. The molecule has 0 unspecified atom stereocenters. The quantitative estimate of drug-likeness (QED) is 0.716. The number of benzene rings is 2. The molecule has 0 aliphatic heterocycles. The Morgan fingerprint density at radius 1 is 0.897 bits per heavy atom. The molecular formula is C21H28N2O4S2. The van der Waals surface area contributed by atoms with Crippen LogP contribution in [0, 0.1) is 0 Å². The number of nitrogens with zero attached hydrogens (tertiary/aromatic N) is 1. The molecule has 1 fully saturated rings. The summed E-state index contributed by atoms with van der Waals surface area (Å²) in [5.41, 5.74) is 1.46. The Labute approximate surface area is 173 Å². The molecule has 8 heteroatoms. The first-order valence-electron chi connectivity index (χ1n) is 9.78. The highest BCUT2D eigenvalue weighted by molar-refractivity contribution is 7.92. The third-order valence-corrected chi connectivity index (χ3v) is 7.95. The van der Waals surface area contributed by atoms with Gasteiger partial charge in [-0.2, -0.15) is 0 Å². The summed E-state index contributed by atoms with van der Waals surface area (Å²) >= 11 is 0. The highest BCUT2D eigenvalue weighted by Crippen LogP contribution is 2.26. The molecule has 1 aliphatic carbocycles. The van der Waals surface area contributed by atoms with Gasteiger partial charge in [0.25, 0.3) is 10.0 Å². The molecule has 2 aromatic carbocycles. The lowest BCUT2D eigenvalue weighted by Gasteiger charge is -2.31. The van der Waals surface area contributed by atoms with Crippen LogP contribution in [0.15, 0.2) is 58.3 Å². The summed E-state index contributed by atoms with van der Waals surface area (Å²) in [7, 11) is -5.11. The van der Waals surface area contributed by atoms with E-state index in [4.69, 9.17) is 0 Å². The summed E-state index contributed by atoms with van der Waals surface area (Å²) in [5.74, 6) is 0. The zero-order chi connectivity index (χ0) is 21.1. The standard InChI is InChI=1S/C21H28N2O4S2/c1-23(18-9-4-3-5-10-18)16-17-8-6-7-11-21(17)22-29(26,27)20-14-12-19(13-15-20)28(2,24)25/h6-8,11-15,18,22H,3-5,9-10,16H2,1-2H3. The Hall–Kier alpha value is -1.90. The second-order valence-electron chi connectivity index (χ2n) is 7.71. The zero-order valence-electron chi connectivity index (χ0n) is 16.8. The van der Waals surface area contributed by atoms with E-state index in [2.05, 4.69) is 16.7 Å². The van der Waals surface area contributed by atoms with E-state index in [0.29, 0.717) is 18.3 Å². The Morgan fingerprint density at radius 2 is 1.48 bits per heavy atom. The average Bonchev–Trinajstić information content (AvgIpc) is 2.69. The first-order valence-corrected chi connectivity index (χ1v) is 13.2. The maximum atomic E-state index is 12.8. The third kappa shape index (κ3) is 5.58. The van der Waals surface area contributed by atoms with Crippen LogP contribution in [0.25, 0.3) is 0 Å². The molecule has 158 valence electrons. The first-order chi connectivity index (χ1) is 13.7. The summed E-state index contributed by atoms with van der Waals surface area (Å²) in [5, 5.41) is 0. The van der Waals surface area contributed by atoms with Gasteiger partial charge in [-0.05, 0) is 55.8 Å². The molecule has 1 saturated carbocycles. The van der Waals surface area contributed by atoms with Crippen molar-refractivity contribution in [1.29, 1.82) is 0 Å². The van der Waals surface area contributed by atoms with E-state index in [1.165, 1.54) is 56.4 Å². The minimum Gasteiger partial charge on any atom is -0.299 e. The van der Waals surface area contributed by atoms with Crippen molar-refractivity contribution in [2.45, 2.75) is 54.5 Å². The van der Waals surface area contributed by atoms with Crippen molar-refractivity contribution in [1.82, 2.24) is 4.90 Å². The van der Waals surface area contributed by atoms with Gasteiger partial charge in [-0.15, -0.1) is 0 Å². The van der Waals surface area contributed by atoms with E-state index >= 15 is 0 Å². The fourth-order valence-corrected chi connectivity index (χ4v) is 5.48. The van der Waals surface area contributed by atoms with Crippen molar-refractivity contribution >= 4 is 25.5 Å². The highest BCUT2D eigenvalue weighted by Gasteiger charge is 2.21. The number of sulfone groups is 1. The number of sulfonamides is 1. The van der Waals surface area contributed by atoms with Gasteiger partial charge >= 0.3 is 0 Å². The molecule has 0 atom stereocenters. The minimum absolute atomic E-state index is 0.0281. The van der Waals surface area contributed by atoms with E-state index < -0.39 is 19.9 Å². The van der Waals surface area contributed by atoms with Crippen LogP contribution < -0.4 is 4.72 Å². The van der Waals surface area contributed by atoms with Crippen molar-refractivity contribution < 1.29 is 16.8 Å². The molecule has 3 rings (SSSR count). The van der Waals surface area contributed by atoms with Crippen LogP contribution in [-0.4, -0.2) is 41.1 Å². The summed E-state index contributed by atoms with van der Waals surface area (Å²) < 4.78 is 51.5. The molecule has 0 heterocycles. The summed E-state index contributed by atoms with van der Waals surface area (Å²) in [4.78, 5) is 2.42. The summed E-state index contributed by atoms with van der Waals surface area (Å²) in [6.07, 6.45) is 7.22.